The van der Waals surface area contributed by atoms with E-state index in [9.17, 15) is 4.79 Å². The summed E-state index contributed by atoms with van der Waals surface area (Å²) in [4.78, 5) is 22.2. The molecule has 0 amide bonds. The summed E-state index contributed by atoms with van der Waals surface area (Å²) in [6.07, 6.45) is 0. The summed E-state index contributed by atoms with van der Waals surface area (Å²) in [5.41, 5.74) is 3.15. The van der Waals surface area contributed by atoms with E-state index in [-0.39, 0.29) is 5.12 Å². The smallest absolute Gasteiger partial charge is 0.236 e. The minimum Gasteiger partial charge on any atom is -0.286 e. The van der Waals surface area contributed by atoms with Crippen molar-refractivity contribution in [3.05, 3.63) is 60.7 Å². The lowest BCUT2D eigenvalue weighted by molar-refractivity contribution is -0.117. The molecule has 130 valence electrons. The van der Waals surface area contributed by atoms with Crippen molar-refractivity contribution in [2.24, 2.45) is 5.41 Å². The third-order valence-electron chi connectivity index (χ3n) is 4.12. The predicted octanol–water partition coefficient (Wildman–Crippen LogP) is 5.21. The molecule has 0 aliphatic heterocycles. The molecule has 0 fully saturated rings. The summed E-state index contributed by atoms with van der Waals surface area (Å²) in [6.45, 7) is 5.80. The topological polar surface area (TPSA) is 47.3 Å². The van der Waals surface area contributed by atoms with Crippen LogP contribution >= 0.6 is 11.8 Å². The van der Waals surface area contributed by atoms with Gasteiger partial charge in [0.25, 0.3) is 0 Å². The molecular formula is C21H19N3OS. The van der Waals surface area contributed by atoms with Gasteiger partial charge >= 0.3 is 0 Å². The van der Waals surface area contributed by atoms with Crippen molar-refractivity contribution >= 4 is 33.7 Å². The fourth-order valence-electron chi connectivity index (χ4n) is 2.73. The molecule has 26 heavy (non-hydrogen) atoms. The van der Waals surface area contributed by atoms with E-state index in [1.807, 2.05) is 85.8 Å². The van der Waals surface area contributed by atoms with Gasteiger partial charge < -0.3 is 0 Å². The minimum absolute atomic E-state index is 0.103. The first-order chi connectivity index (χ1) is 12.4. The van der Waals surface area contributed by atoms with Gasteiger partial charge in [-0.25, -0.2) is 9.97 Å². The predicted molar refractivity (Wildman–Crippen MR) is 106 cm³/mol. The monoisotopic (exact) mass is 361 g/mol. The molecule has 0 bridgehead atoms. The number of nitrogens with zero attached hydrogens (tertiary/aromatic N) is 3. The molecule has 0 atom stereocenters. The van der Waals surface area contributed by atoms with Crippen LogP contribution in [0, 0.1) is 5.41 Å². The summed E-state index contributed by atoms with van der Waals surface area (Å²) < 4.78 is 1.99. The molecule has 0 N–H and O–H groups in total. The quantitative estimate of drug-likeness (QED) is 0.460. The van der Waals surface area contributed by atoms with Crippen molar-refractivity contribution in [2.45, 2.75) is 25.8 Å². The molecule has 0 radical (unpaired) electrons. The molecule has 2 aromatic carbocycles. The van der Waals surface area contributed by atoms with E-state index >= 15 is 0 Å². The van der Waals surface area contributed by atoms with E-state index in [4.69, 9.17) is 4.98 Å². The Morgan fingerprint density at radius 3 is 2.27 bits per heavy atom. The van der Waals surface area contributed by atoms with Crippen LogP contribution in [0.3, 0.4) is 0 Å². The van der Waals surface area contributed by atoms with E-state index in [1.165, 1.54) is 11.8 Å². The molecule has 5 heteroatoms. The van der Waals surface area contributed by atoms with Crippen molar-refractivity contribution in [3.63, 3.8) is 0 Å². The Morgan fingerprint density at radius 2 is 1.58 bits per heavy atom. The summed E-state index contributed by atoms with van der Waals surface area (Å²) in [7, 11) is 0. The maximum absolute atomic E-state index is 12.8. The van der Waals surface area contributed by atoms with Gasteiger partial charge in [-0.2, -0.15) is 0 Å². The summed E-state index contributed by atoms with van der Waals surface area (Å²) in [6, 6.07) is 19.8. The zero-order valence-corrected chi connectivity index (χ0v) is 15.7. The molecule has 2 heterocycles. The summed E-state index contributed by atoms with van der Waals surface area (Å²) in [5.74, 6) is 0.620. The van der Waals surface area contributed by atoms with Gasteiger partial charge in [0, 0.05) is 11.0 Å². The standard InChI is InChI=1S/C21H19N3OS/c1-21(2,3)19(25)26-18-17(14-10-6-4-7-11-14)23-20-22-15-12-8-5-9-13-16(15)24(18)20/h4-13H,1-3H3. The number of hydrogen-bond donors (Lipinski definition) is 0. The van der Waals surface area contributed by atoms with E-state index in [0.29, 0.717) is 5.78 Å². The van der Waals surface area contributed by atoms with Crippen LogP contribution in [0.5, 0.6) is 0 Å². The molecule has 4 rings (SSSR count). The fourth-order valence-corrected chi connectivity index (χ4v) is 3.74. The number of imidazole rings is 2. The van der Waals surface area contributed by atoms with Gasteiger partial charge in [-0.05, 0) is 23.9 Å². The SMILES string of the molecule is CC(C)(C)C(=O)Sc1c(-c2ccccc2)nc2nc3cccccc3n12. The van der Waals surface area contributed by atoms with Gasteiger partial charge in [0.05, 0.1) is 11.0 Å². The second-order valence-electron chi connectivity index (χ2n) is 7.20. The van der Waals surface area contributed by atoms with Crippen LogP contribution in [0.4, 0.5) is 0 Å². The highest BCUT2D eigenvalue weighted by molar-refractivity contribution is 8.13. The third-order valence-corrected chi connectivity index (χ3v) is 5.49. The lowest BCUT2D eigenvalue weighted by atomic mass is 10.00. The molecule has 0 unspecified atom stereocenters. The average molecular weight is 361 g/mol. The molecule has 0 spiro atoms. The minimum atomic E-state index is -0.441. The molecule has 4 aromatic rings. The van der Waals surface area contributed by atoms with Crippen molar-refractivity contribution in [2.75, 3.05) is 0 Å². The number of carbonyl (C=O) groups is 1. The Labute approximate surface area is 156 Å². The Hall–Kier alpha value is -2.66. The van der Waals surface area contributed by atoms with Crippen LogP contribution < -0.4 is 0 Å². The molecule has 0 aliphatic rings. The van der Waals surface area contributed by atoms with E-state index < -0.39 is 5.41 Å². The van der Waals surface area contributed by atoms with Crippen molar-refractivity contribution in [3.8, 4) is 11.3 Å². The zero-order valence-electron chi connectivity index (χ0n) is 14.9. The van der Waals surface area contributed by atoms with Crippen molar-refractivity contribution < 1.29 is 4.79 Å². The number of aromatic nitrogens is 3. The van der Waals surface area contributed by atoms with Crippen LogP contribution in [0.2, 0.25) is 0 Å². The van der Waals surface area contributed by atoms with Gasteiger partial charge in [-0.15, -0.1) is 0 Å². The first-order valence-corrected chi connectivity index (χ1v) is 9.32. The Kier molecular flexibility index (Phi) is 4.04. The number of thioether (sulfide) groups is 1. The highest BCUT2D eigenvalue weighted by Gasteiger charge is 2.27. The van der Waals surface area contributed by atoms with E-state index in [2.05, 4.69) is 4.98 Å². The Bertz CT molecular complexity index is 1110. The van der Waals surface area contributed by atoms with Crippen LogP contribution in [-0.4, -0.2) is 19.5 Å². The zero-order chi connectivity index (χ0) is 18.3. The highest BCUT2D eigenvalue weighted by atomic mass is 32.2. The fraction of sp³-hybridized carbons (Fsp3) is 0.190. The lowest BCUT2D eigenvalue weighted by Gasteiger charge is -2.15. The van der Waals surface area contributed by atoms with Crippen LogP contribution in [0.15, 0.2) is 65.7 Å². The summed E-state index contributed by atoms with van der Waals surface area (Å²) >= 11 is 1.25. The van der Waals surface area contributed by atoms with Gasteiger partial charge in [0.2, 0.25) is 5.78 Å². The number of hydrogen-bond acceptors (Lipinski definition) is 4. The van der Waals surface area contributed by atoms with Crippen molar-refractivity contribution in [1.29, 1.82) is 0 Å². The van der Waals surface area contributed by atoms with Crippen LogP contribution in [-0.2, 0) is 4.79 Å². The molecular weight excluding hydrogens is 342 g/mol. The lowest BCUT2D eigenvalue weighted by Crippen LogP contribution is -2.16. The second-order valence-corrected chi connectivity index (χ2v) is 8.16. The number of benzene rings is 1. The number of fused-ring (bicyclic) bond motifs is 3. The molecule has 0 aliphatic carbocycles. The van der Waals surface area contributed by atoms with Gasteiger partial charge in [0.1, 0.15) is 10.7 Å². The molecule has 2 aromatic heterocycles. The normalized spacial score (nSPS) is 12.0. The molecule has 0 saturated heterocycles. The highest BCUT2D eigenvalue weighted by Crippen LogP contribution is 2.37. The van der Waals surface area contributed by atoms with E-state index in [0.717, 1.165) is 27.3 Å². The maximum Gasteiger partial charge on any atom is 0.236 e. The largest absolute Gasteiger partial charge is 0.286 e. The van der Waals surface area contributed by atoms with Gasteiger partial charge in [0.15, 0.2) is 5.12 Å². The maximum atomic E-state index is 12.8. The average Bonchev–Trinajstić information content (AvgIpc) is 3.02. The Morgan fingerprint density at radius 1 is 0.923 bits per heavy atom. The molecule has 0 saturated carbocycles. The van der Waals surface area contributed by atoms with Crippen molar-refractivity contribution in [1.82, 2.24) is 14.4 Å². The van der Waals surface area contributed by atoms with Crippen LogP contribution in [0.25, 0.3) is 28.1 Å². The first kappa shape index (κ1) is 16.8. The van der Waals surface area contributed by atoms with Crippen LogP contribution in [0.1, 0.15) is 20.8 Å². The molecule has 4 nitrogen and oxygen atoms in total. The van der Waals surface area contributed by atoms with Gasteiger partial charge in [-0.3, -0.25) is 9.20 Å². The number of rotatable bonds is 2. The second kappa shape index (κ2) is 6.25. The number of carbonyl (C=O) groups excluding carboxylic acids is 1. The Balaban J connectivity index is 2.01. The summed E-state index contributed by atoms with van der Waals surface area (Å²) in [5, 5.41) is 0.922. The van der Waals surface area contributed by atoms with E-state index in [1.54, 1.807) is 0 Å². The first-order valence-electron chi connectivity index (χ1n) is 8.50. The third kappa shape index (κ3) is 2.88. The van der Waals surface area contributed by atoms with Gasteiger partial charge in [-0.1, -0.05) is 69.3 Å².